The summed E-state index contributed by atoms with van der Waals surface area (Å²) < 4.78 is 13.4. The Kier molecular flexibility index (Phi) is 4.00. The molecule has 1 aliphatic rings. The van der Waals surface area contributed by atoms with E-state index >= 15 is 0 Å². The van der Waals surface area contributed by atoms with E-state index in [2.05, 4.69) is 9.97 Å². The molecule has 1 aromatic carbocycles. The van der Waals surface area contributed by atoms with Crippen LogP contribution in [-0.4, -0.2) is 15.1 Å². The third kappa shape index (κ3) is 2.97. The number of halogens is 3. The lowest BCUT2D eigenvalue weighted by Crippen LogP contribution is -2.01. The molecule has 0 atom stereocenters. The number of phenols is 1. The number of aromatic hydroxyl groups is 1. The second-order valence-corrected chi connectivity index (χ2v) is 5.94. The molecule has 1 heterocycles. The maximum atomic E-state index is 13.4. The first-order valence-corrected chi connectivity index (χ1v) is 7.53. The van der Waals surface area contributed by atoms with Gasteiger partial charge in [-0.1, -0.05) is 36.0 Å². The van der Waals surface area contributed by atoms with Gasteiger partial charge in [-0.15, -0.1) is 0 Å². The van der Waals surface area contributed by atoms with Gasteiger partial charge >= 0.3 is 0 Å². The van der Waals surface area contributed by atoms with Crippen LogP contribution in [0.4, 0.5) is 4.39 Å². The Morgan fingerprint density at radius 2 is 1.67 bits per heavy atom. The fourth-order valence-electron chi connectivity index (χ4n) is 2.80. The summed E-state index contributed by atoms with van der Waals surface area (Å²) in [4.78, 5) is 8.45. The van der Waals surface area contributed by atoms with Gasteiger partial charge in [0.2, 0.25) is 0 Å². The predicted octanol–water partition coefficient (Wildman–Crippen LogP) is 4.95. The Bertz CT molecular complexity index is 644. The van der Waals surface area contributed by atoms with Crippen molar-refractivity contribution in [2.45, 2.75) is 31.6 Å². The second kappa shape index (κ2) is 5.78. The van der Waals surface area contributed by atoms with Gasteiger partial charge < -0.3 is 5.11 Å². The van der Waals surface area contributed by atoms with E-state index in [1.165, 1.54) is 12.1 Å². The van der Waals surface area contributed by atoms with E-state index in [1.54, 1.807) is 0 Å². The van der Waals surface area contributed by atoms with Crippen LogP contribution < -0.4 is 0 Å². The number of hydrogen-bond donors (Lipinski definition) is 1. The SMILES string of the molecule is Oc1cc(F)cc(-c2nc(Cl)c(C3CCCC3)c(Cl)n2)c1. The van der Waals surface area contributed by atoms with Gasteiger partial charge in [0.05, 0.1) is 0 Å². The van der Waals surface area contributed by atoms with Gasteiger partial charge in [-0.25, -0.2) is 14.4 Å². The molecule has 0 unspecified atom stereocenters. The molecule has 1 fully saturated rings. The van der Waals surface area contributed by atoms with Crippen LogP contribution in [-0.2, 0) is 0 Å². The number of aromatic nitrogens is 2. The number of hydrogen-bond acceptors (Lipinski definition) is 3. The van der Waals surface area contributed by atoms with E-state index in [0.717, 1.165) is 37.3 Å². The normalized spacial score (nSPS) is 15.6. The molecule has 0 amide bonds. The summed E-state index contributed by atoms with van der Waals surface area (Å²) in [5.41, 5.74) is 1.12. The summed E-state index contributed by atoms with van der Waals surface area (Å²) in [6.07, 6.45) is 4.36. The largest absolute Gasteiger partial charge is 0.508 e. The van der Waals surface area contributed by atoms with Crippen LogP contribution in [0, 0.1) is 5.82 Å². The van der Waals surface area contributed by atoms with Crippen molar-refractivity contribution in [3.05, 3.63) is 39.9 Å². The third-order valence-electron chi connectivity index (χ3n) is 3.76. The average molecular weight is 327 g/mol. The molecule has 0 bridgehead atoms. The molecule has 2 aromatic rings. The van der Waals surface area contributed by atoms with Crippen molar-refractivity contribution in [3.63, 3.8) is 0 Å². The molecule has 21 heavy (non-hydrogen) atoms. The molecular weight excluding hydrogens is 314 g/mol. The highest BCUT2D eigenvalue weighted by molar-refractivity contribution is 6.34. The molecule has 110 valence electrons. The quantitative estimate of drug-likeness (QED) is 0.794. The number of benzene rings is 1. The molecule has 6 heteroatoms. The minimum absolute atomic E-state index is 0.194. The Morgan fingerprint density at radius 3 is 2.24 bits per heavy atom. The topological polar surface area (TPSA) is 46.0 Å². The van der Waals surface area contributed by atoms with Gasteiger partial charge in [0.25, 0.3) is 0 Å². The molecule has 3 rings (SSSR count). The monoisotopic (exact) mass is 326 g/mol. The summed E-state index contributed by atoms with van der Waals surface area (Å²) in [5.74, 6) is -0.261. The van der Waals surface area contributed by atoms with Crippen molar-refractivity contribution in [1.82, 2.24) is 9.97 Å². The van der Waals surface area contributed by atoms with Crippen molar-refractivity contribution in [1.29, 1.82) is 0 Å². The van der Waals surface area contributed by atoms with Gasteiger partial charge in [0.1, 0.15) is 21.9 Å². The van der Waals surface area contributed by atoms with E-state index in [4.69, 9.17) is 23.2 Å². The predicted molar refractivity (Wildman–Crippen MR) is 80.3 cm³/mol. The van der Waals surface area contributed by atoms with Crippen LogP contribution >= 0.6 is 23.2 Å². The van der Waals surface area contributed by atoms with E-state index in [0.29, 0.717) is 21.8 Å². The van der Waals surface area contributed by atoms with Gasteiger partial charge in [0.15, 0.2) is 5.82 Å². The first-order chi connectivity index (χ1) is 10.0. The second-order valence-electron chi connectivity index (χ2n) is 5.22. The lowest BCUT2D eigenvalue weighted by atomic mass is 10.0. The third-order valence-corrected chi connectivity index (χ3v) is 4.33. The van der Waals surface area contributed by atoms with Crippen LogP contribution in [0.25, 0.3) is 11.4 Å². The fourth-order valence-corrected chi connectivity index (χ4v) is 3.50. The van der Waals surface area contributed by atoms with Crippen LogP contribution in [0.2, 0.25) is 10.3 Å². The molecule has 0 radical (unpaired) electrons. The molecule has 1 N–H and O–H groups in total. The Morgan fingerprint density at radius 1 is 1.05 bits per heavy atom. The molecule has 3 nitrogen and oxygen atoms in total. The maximum absolute atomic E-state index is 13.4. The molecule has 1 saturated carbocycles. The Hall–Kier alpha value is -1.39. The summed E-state index contributed by atoms with van der Waals surface area (Å²) in [6, 6.07) is 3.62. The smallest absolute Gasteiger partial charge is 0.162 e. The molecule has 0 spiro atoms. The van der Waals surface area contributed by atoms with E-state index in [9.17, 15) is 9.50 Å². The van der Waals surface area contributed by atoms with Crippen molar-refractivity contribution in [3.8, 4) is 17.1 Å². The lowest BCUT2D eigenvalue weighted by Gasteiger charge is -2.13. The van der Waals surface area contributed by atoms with Gasteiger partial charge in [-0.2, -0.15) is 0 Å². The zero-order valence-electron chi connectivity index (χ0n) is 11.1. The Labute approximate surface area is 131 Å². The number of rotatable bonds is 2. The van der Waals surface area contributed by atoms with Crippen LogP contribution in [0.1, 0.15) is 37.2 Å². The highest BCUT2D eigenvalue weighted by Crippen LogP contribution is 2.40. The van der Waals surface area contributed by atoms with Crippen molar-refractivity contribution >= 4 is 23.2 Å². The summed E-state index contributed by atoms with van der Waals surface area (Å²) in [5, 5.41) is 10.1. The number of phenolic OH excluding ortho intramolecular Hbond substituents is 1. The molecule has 1 aromatic heterocycles. The van der Waals surface area contributed by atoms with Crippen molar-refractivity contribution < 1.29 is 9.50 Å². The first kappa shape index (κ1) is 14.5. The molecule has 0 saturated heterocycles. The fraction of sp³-hybridized carbons (Fsp3) is 0.333. The average Bonchev–Trinajstić information content (AvgIpc) is 2.90. The van der Waals surface area contributed by atoms with Crippen LogP contribution in [0.15, 0.2) is 18.2 Å². The molecule has 1 aliphatic carbocycles. The standard InChI is InChI=1S/C15H13Cl2FN2O/c16-13-12(8-3-1-2-4-8)14(17)20-15(19-13)9-5-10(18)7-11(21)6-9/h5-8,21H,1-4H2. The summed E-state index contributed by atoms with van der Waals surface area (Å²) in [7, 11) is 0. The van der Waals surface area contributed by atoms with Crippen LogP contribution in [0.5, 0.6) is 5.75 Å². The van der Waals surface area contributed by atoms with Crippen molar-refractivity contribution in [2.24, 2.45) is 0 Å². The van der Waals surface area contributed by atoms with Gasteiger partial charge in [-0.3, -0.25) is 0 Å². The zero-order chi connectivity index (χ0) is 15.0. The van der Waals surface area contributed by atoms with Gasteiger partial charge in [-0.05, 0) is 30.9 Å². The summed E-state index contributed by atoms with van der Waals surface area (Å²) in [6.45, 7) is 0. The molecule has 0 aliphatic heterocycles. The van der Waals surface area contributed by atoms with Crippen molar-refractivity contribution in [2.75, 3.05) is 0 Å². The molecular formula is C15H13Cl2FN2O. The highest BCUT2D eigenvalue weighted by Gasteiger charge is 2.24. The van der Waals surface area contributed by atoms with E-state index < -0.39 is 5.82 Å². The van der Waals surface area contributed by atoms with E-state index in [-0.39, 0.29) is 11.6 Å². The lowest BCUT2D eigenvalue weighted by molar-refractivity contribution is 0.469. The minimum atomic E-state index is -0.569. The highest BCUT2D eigenvalue weighted by atomic mass is 35.5. The van der Waals surface area contributed by atoms with E-state index in [1.807, 2.05) is 0 Å². The Balaban J connectivity index is 2.05. The zero-order valence-corrected chi connectivity index (χ0v) is 12.6. The minimum Gasteiger partial charge on any atom is -0.508 e. The summed E-state index contributed by atoms with van der Waals surface area (Å²) >= 11 is 12.5. The maximum Gasteiger partial charge on any atom is 0.162 e. The first-order valence-electron chi connectivity index (χ1n) is 6.77. The number of nitrogens with zero attached hydrogens (tertiary/aromatic N) is 2. The van der Waals surface area contributed by atoms with Gasteiger partial charge in [0, 0.05) is 17.2 Å². The van der Waals surface area contributed by atoms with Crippen LogP contribution in [0.3, 0.4) is 0 Å².